The molecule has 0 heterocycles. The van der Waals surface area contributed by atoms with Crippen molar-refractivity contribution in [3.63, 3.8) is 0 Å². The number of nitrogen functional groups attached to an aromatic ring is 1. The number of hydrogen-bond acceptors (Lipinski definition) is 2. The summed E-state index contributed by atoms with van der Waals surface area (Å²) in [6.45, 7) is 1.95. The molecule has 2 N–H and O–H groups in total. The molecule has 12 heavy (non-hydrogen) atoms. The van der Waals surface area contributed by atoms with Crippen molar-refractivity contribution in [2.45, 2.75) is 13.3 Å². The van der Waals surface area contributed by atoms with E-state index in [2.05, 4.69) is 0 Å². The second kappa shape index (κ2) is 2.34. The molecule has 1 unspecified atom stereocenters. The zero-order valence-electron chi connectivity index (χ0n) is 7.00. The van der Waals surface area contributed by atoms with Crippen LogP contribution in [-0.4, -0.2) is 5.78 Å². The predicted molar refractivity (Wildman–Crippen MR) is 48.1 cm³/mol. The van der Waals surface area contributed by atoms with Crippen molar-refractivity contribution in [3.05, 3.63) is 29.3 Å². The molecule has 0 bridgehead atoms. The van der Waals surface area contributed by atoms with Gasteiger partial charge in [0.25, 0.3) is 0 Å². The lowest BCUT2D eigenvalue weighted by molar-refractivity contribution is 0.0946. The Bertz CT molecular complexity index is 344. The smallest absolute Gasteiger partial charge is 0.166 e. The second-order valence-electron chi connectivity index (χ2n) is 3.34. The average Bonchev–Trinajstić information content (AvgIpc) is 2.32. The number of nitrogens with two attached hydrogens (primary N) is 1. The number of benzene rings is 1. The van der Waals surface area contributed by atoms with Crippen molar-refractivity contribution in [2.75, 3.05) is 5.73 Å². The molecule has 0 saturated carbocycles. The number of Topliss-reactive ketones (excluding diaryl/α,β-unsaturated/α-hetero) is 1. The summed E-state index contributed by atoms with van der Waals surface area (Å²) in [4.78, 5) is 11.5. The highest BCUT2D eigenvalue weighted by atomic mass is 16.1. The fraction of sp³-hybridized carbons (Fsp3) is 0.300. The third kappa shape index (κ3) is 0.843. The predicted octanol–water partition coefficient (Wildman–Crippen LogP) is 1.64. The van der Waals surface area contributed by atoms with Crippen LogP contribution in [-0.2, 0) is 6.42 Å². The number of fused-ring (bicyclic) bond motifs is 1. The molecule has 1 aliphatic carbocycles. The maximum absolute atomic E-state index is 11.5. The van der Waals surface area contributed by atoms with Crippen LogP contribution in [0.25, 0.3) is 0 Å². The van der Waals surface area contributed by atoms with Crippen LogP contribution in [0.5, 0.6) is 0 Å². The lowest BCUT2D eigenvalue weighted by Crippen LogP contribution is -2.02. The molecule has 1 aromatic carbocycles. The normalized spacial score (nSPS) is 21.1. The number of ketones is 1. The molecule has 1 atom stereocenters. The fourth-order valence-corrected chi connectivity index (χ4v) is 1.73. The number of carbonyl (C=O) groups is 1. The van der Waals surface area contributed by atoms with Gasteiger partial charge in [-0.15, -0.1) is 0 Å². The molecule has 2 heteroatoms. The summed E-state index contributed by atoms with van der Waals surface area (Å²) in [5.74, 6) is 0.349. The first-order chi connectivity index (χ1) is 5.70. The molecule has 62 valence electrons. The summed E-state index contributed by atoms with van der Waals surface area (Å²) in [5, 5.41) is 0. The van der Waals surface area contributed by atoms with E-state index in [0.717, 1.165) is 23.2 Å². The van der Waals surface area contributed by atoms with Crippen molar-refractivity contribution in [2.24, 2.45) is 5.92 Å². The SMILES string of the molecule is CC1Cc2c(N)cccc2C1=O. The Morgan fingerprint density at radius 1 is 1.50 bits per heavy atom. The number of carbonyl (C=O) groups excluding carboxylic acids is 1. The highest BCUT2D eigenvalue weighted by Crippen LogP contribution is 2.30. The van der Waals surface area contributed by atoms with E-state index in [9.17, 15) is 4.79 Å². The molecule has 0 aromatic heterocycles. The summed E-state index contributed by atoms with van der Waals surface area (Å²) in [5.41, 5.74) is 8.36. The molecule has 0 radical (unpaired) electrons. The highest BCUT2D eigenvalue weighted by Gasteiger charge is 2.27. The summed E-state index contributed by atoms with van der Waals surface area (Å²) in [6.07, 6.45) is 0.806. The second-order valence-corrected chi connectivity index (χ2v) is 3.34. The molecule has 2 nitrogen and oxygen atoms in total. The van der Waals surface area contributed by atoms with Gasteiger partial charge in [0.15, 0.2) is 5.78 Å². The molecule has 0 saturated heterocycles. The van der Waals surface area contributed by atoms with Gasteiger partial charge in [0.2, 0.25) is 0 Å². The Labute approximate surface area is 71.4 Å². The van der Waals surface area contributed by atoms with Crippen LogP contribution in [0.4, 0.5) is 5.69 Å². The summed E-state index contributed by atoms with van der Waals surface area (Å²) in [7, 11) is 0. The molecule has 2 rings (SSSR count). The molecule has 1 aromatic rings. The van der Waals surface area contributed by atoms with E-state index in [1.54, 1.807) is 0 Å². The van der Waals surface area contributed by atoms with Crippen molar-refractivity contribution >= 4 is 11.5 Å². The van der Waals surface area contributed by atoms with Gasteiger partial charge in [-0.05, 0) is 18.1 Å². The summed E-state index contributed by atoms with van der Waals surface area (Å²) in [6, 6.07) is 5.55. The third-order valence-corrected chi connectivity index (χ3v) is 2.44. The topological polar surface area (TPSA) is 43.1 Å². The average molecular weight is 161 g/mol. The van der Waals surface area contributed by atoms with E-state index in [1.165, 1.54) is 0 Å². The van der Waals surface area contributed by atoms with E-state index in [4.69, 9.17) is 5.73 Å². The van der Waals surface area contributed by atoms with Crippen LogP contribution < -0.4 is 5.73 Å². The van der Waals surface area contributed by atoms with Crippen molar-refractivity contribution < 1.29 is 4.79 Å². The van der Waals surface area contributed by atoms with E-state index in [-0.39, 0.29) is 11.7 Å². The molecular formula is C10H11NO. The van der Waals surface area contributed by atoms with Crippen LogP contribution in [0.3, 0.4) is 0 Å². The molecular weight excluding hydrogens is 150 g/mol. The van der Waals surface area contributed by atoms with Gasteiger partial charge in [-0.3, -0.25) is 4.79 Å². The van der Waals surface area contributed by atoms with E-state index in [0.29, 0.717) is 0 Å². The quantitative estimate of drug-likeness (QED) is 0.588. The highest BCUT2D eigenvalue weighted by molar-refractivity contribution is 6.03. The number of rotatable bonds is 0. The van der Waals surface area contributed by atoms with Crippen LogP contribution >= 0.6 is 0 Å². The van der Waals surface area contributed by atoms with Gasteiger partial charge in [-0.25, -0.2) is 0 Å². The fourth-order valence-electron chi connectivity index (χ4n) is 1.73. The minimum atomic E-state index is 0.115. The molecule has 0 spiro atoms. The Kier molecular flexibility index (Phi) is 1.43. The van der Waals surface area contributed by atoms with Crippen LogP contribution in [0, 0.1) is 5.92 Å². The Balaban J connectivity index is 2.61. The van der Waals surface area contributed by atoms with Gasteiger partial charge in [0, 0.05) is 17.2 Å². The zero-order chi connectivity index (χ0) is 8.72. The van der Waals surface area contributed by atoms with Gasteiger partial charge in [0.05, 0.1) is 0 Å². The summed E-state index contributed by atoms with van der Waals surface area (Å²) < 4.78 is 0. The maximum atomic E-state index is 11.5. The van der Waals surface area contributed by atoms with Gasteiger partial charge in [0.1, 0.15) is 0 Å². The maximum Gasteiger partial charge on any atom is 0.166 e. The largest absolute Gasteiger partial charge is 0.398 e. The summed E-state index contributed by atoms with van der Waals surface area (Å²) >= 11 is 0. The third-order valence-electron chi connectivity index (χ3n) is 2.44. The van der Waals surface area contributed by atoms with E-state index in [1.807, 2.05) is 25.1 Å². The van der Waals surface area contributed by atoms with Crippen molar-refractivity contribution in [3.8, 4) is 0 Å². The zero-order valence-corrected chi connectivity index (χ0v) is 7.00. The lowest BCUT2D eigenvalue weighted by atomic mass is 10.1. The first-order valence-electron chi connectivity index (χ1n) is 4.11. The monoisotopic (exact) mass is 161 g/mol. The molecule has 1 aliphatic rings. The first-order valence-corrected chi connectivity index (χ1v) is 4.11. The van der Waals surface area contributed by atoms with E-state index >= 15 is 0 Å². The van der Waals surface area contributed by atoms with Gasteiger partial charge < -0.3 is 5.73 Å². The van der Waals surface area contributed by atoms with Gasteiger partial charge in [-0.2, -0.15) is 0 Å². The number of hydrogen-bond donors (Lipinski definition) is 1. The van der Waals surface area contributed by atoms with Crippen LogP contribution in [0.2, 0.25) is 0 Å². The Morgan fingerprint density at radius 2 is 2.25 bits per heavy atom. The van der Waals surface area contributed by atoms with Crippen LogP contribution in [0.15, 0.2) is 18.2 Å². The number of anilines is 1. The molecule has 0 aliphatic heterocycles. The van der Waals surface area contributed by atoms with E-state index < -0.39 is 0 Å². The Morgan fingerprint density at radius 3 is 2.92 bits per heavy atom. The minimum absolute atomic E-state index is 0.115. The van der Waals surface area contributed by atoms with Gasteiger partial charge in [-0.1, -0.05) is 19.1 Å². The minimum Gasteiger partial charge on any atom is -0.398 e. The molecule has 0 amide bonds. The molecule has 0 fully saturated rings. The van der Waals surface area contributed by atoms with Crippen LogP contribution in [0.1, 0.15) is 22.8 Å². The van der Waals surface area contributed by atoms with Gasteiger partial charge >= 0.3 is 0 Å². The lowest BCUT2D eigenvalue weighted by Gasteiger charge is -1.99. The standard InChI is InChI=1S/C10H11NO/c1-6-5-8-7(10(6)12)3-2-4-9(8)11/h2-4,6H,5,11H2,1H3. The van der Waals surface area contributed by atoms with Crippen molar-refractivity contribution in [1.82, 2.24) is 0 Å². The van der Waals surface area contributed by atoms with Crippen molar-refractivity contribution in [1.29, 1.82) is 0 Å². The first kappa shape index (κ1) is 7.35. The Hall–Kier alpha value is -1.31.